The van der Waals surface area contributed by atoms with Crippen LogP contribution in [0.2, 0.25) is 0 Å². The minimum absolute atomic E-state index is 0.0788. The van der Waals surface area contributed by atoms with E-state index in [1.165, 1.54) is 12.3 Å². The summed E-state index contributed by atoms with van der Waals surface area (Å²) in [6, 6.07) is 17.4. The Morgan fingerprint density at radius 2 is 1.77 bits per heavy atom. The third-order valence-corrected chi connectivity index (χ3v) is 4.38. The summed E-state index contributed by atoms with van der Waals surface area (Å²) in [6.07, 6.45) is 0.190. The van der Waals surface area contributed by atoms with E-state index >= 15 is 0 Å². The number of nitrogens with one attached hydrogen (secondary N) is 2. The Kier molecular flexibility index (Phi) is 6.64. The number of anilines is 1. The summed E-state index contributed by atoms with van der Waals surface area (Å²) in [5.41, 5.74) is 3.04. The predicted molar refractivity (Wildman–Crippen MR) is 111 cm³/mol. The van der Waals surface area contributed by atoms with Gasteiger partial charge in [0.2, 0.25) is 6.10 Å². The second-order valence-electron chi connectivity index (χ2n) is 6.75. The van der Waals surface area contributed by atoms with E-state index < -0.39 is 30.4 Å². The lowest BCUT2D eigenvalue weighted by molar-refractivity contribution is -0.153. The molecule has 0 aliphatic rings. The fourth-order valence-electron chi connectivity index (χ4n) is 2.79. The lowest BCUT2D eigenvalue weighted by Gasteiger charge is -2.19. The summed E-state index contributed by atoms with van der Waals surface area (Å²) >= 11 is 0. The molecule has 0 bridgehead atoms. The number of esters is 1. The molecule has 3 aromatic rings. The predicted octanol–water partition coefficient (Wildman–Crippen LogP) is 3.55. The van der Waals surface area contributed by atoms with E-state index in [4.69, 9.17) is 9.15 Å². The number of carbonyl (C=O) groups is 3. The van der Waals surface area contributed by atoms with Gasteiger partial charge in [0.05, 0.1) is 6.26 Å². The fourth-order valence-corrected chi connectivity index (χ4v) is 2.79. The van der Waals surface area contributed by atoms with Gasteiger partial charge < -0.3 is 19.8 Å². The van der Waals surface area contributed by atoms with Crippen LogP contribution in [0.1, 0.15) is 33.3 Å². The molecule has 1 atom stereocenters. The van der Waals surface area contributed by atoms with E-state index in [0.717, 1.165) is 11.1 Å². The Labute approximate surface area is 174 Å². The summed E-state index contributed by atoms with van der Waals surface area (Å²) in [6.45, 7) is 3.40. The number of amides is 2. The maximum atomic E-state index is 12.9. The van der Waals surface area contributed by atoms with Crippen molar-refractivity contribution in [2.45, 2.75) is 20.0 Å². The van der Waals surface area contributed by atoms with Crippen LogP contribution in [0.25, 0.3) is 0 Å². The zero-order valence-corrected chi connectivity index (χ0v) is 16.7. The normalized spacial score (nSPS) is 11.4. The minimum atomic E-state index is -1.17. The van der Waals surface area contributed by atoms with Crippen molar-refractivity contribution in [1.82, 2.24) is 5.32 Å². The van der Waals surface area contributed by atoms with Crippen molar-refractivity contribution >= 4 is 23.5 Å². The quantitative estimate of drug-likeness (QED) is 0.585. The van der Waals surface area contributed by atoms with Crippen LogP contribution in [-0.2, 0) is 14.3 Å². The molecule has 0 fully saturated rings. The van der Waals surface area contributed by atoms with Crippen LogP contribution in [-0.4, -0.2) is 24.3 Å². The number of hydrogen-bond donors (Lipinski definition) is 2. The number of ether oxygens (including phenoxy) is 1. The van der Waals surface area contributed by atoms with Crippen LogP contribution >= 0.6 is 0 Å². The topological polar surface area (TPSA) is 97.6 Å². The van der Waals surface area contributed by atoms with Crippen molar-refractivity contribution in [1.29, 1.82) is 0 Å². The zero-order chi connectivity index (χ0) is 21.5. The average Bonchev–Trinajstić information content (AvgIpc) is 3.28. The molecule has 0 saturated heterocycles. The van der Waals surface area contributed by atoms with E-state index in [9.17, 15) is 14.4 Å². The number of benzene rings is 2. The van der Waals surface area contributed by atoms with Gasteiger partial charge in [-0.15, -0.1) is 0 Å². The summed E-state index contributed by atoms with van der Waals surface area (Å²) in [7, 11) is 0. The van der Waals surface area contributed by atoms with Crippen molar-refractivity contribution in [2.24, 2.45) is 0 Å². The number of rotatable bonds is 7. The van der Waals surface area contributed by atoms with Crippen LogP contribution in [0, 0.1) is 13.8 Å². The van der Waals surface area contributed by atoms with Crippen LogP contribution in [0.4, 0.5) is 5.69 Å². The third-order valence-electron chi connectivity index (χ3n) is 4.38. The Morgan fingerprint density at radius 1 is 1.00 bits per heavy atom. The molecule has 0 aliphatic carbocycles. The Balaban J connectivity index is 1.71. The van der Waals surface area contributed by atoms with Crippen LogP contribution < -0.4 is 10.6 Å². The highest BCUT2D eigenvalue weighted by Gasteiger charge is 2.26. The molecule has 2 amide bonds. The van der Waals surface area contributed by atoms with Gasteiger partial charge in [-0.05, 0) is 43.2 Å². The molecule has 0 spiro atoms. The van der Waals surface area contributed by atoms with Crippen LogP contribution in [0.5, 0.6) is 0 Å². The molecule has 1 heterocycles. The Hall–Kier alpha value is -3.87. The largest absolute Gasteiger partial charge is 0.459 e. The molecule has 0 unspecified atom stereocenters. The second kappa shape index (κ2) is 9.56. The standard InChI is InChI=1S/C23H22N2O5/c1-15-10-11-16(2)18(13-15)25-23(28)21(17-7-4-3-5-8-17)30-20(26)14-24-22(27)19-9-6-12-29-19/h3-13,21H,14H2,1-2H3,(H,24,27)(H,25,28)/t21-/m0/s1. The third kappa shape index (κ3) is 5.35. The van der Waals surface area contributed by atoms with Gasteiger partial charge in [0.15, 0.2) is 5.76 Å². The van der Waals surface area contributed by atoms with Gasteiger partial charge in [0.25, 0.3) is 11.8 Å². The molecule has 0 saturated carbocycles. The van der Waals surface area contributed by atoms with Crippen LogP contribution in [0.15, 0.2) is 71.3 Å². The molecule has 3 rings (SSSR count). The van der Waals surface area contributed by atoms with Crippen molar-refractivity contribution in [3.63, 3.8) is 0 Å². The van der Waals surface area contributed by atoms with Gasteiger partial charge in [0.1, 0.15) is 6.54 Å². The van der Waals surface area contributed by atoms with Crippen molar-refractivity contribution < 1.29 is 23.5 Å². The number of hydrogen-bond acceptors (Lipinski definition) is 5. The Morgan fingerprint density at radius 3 is 2.47 bits per heavy atom. The minimum Gasteiger partial charge on any atom is -0.459 e. The highest BCUT2D eigenvalue weighted by atomic mass is 16.5. The first-order valence-electron chi connectivity index (χ1n) is 9.38. The molecule has 2 aromatic carbocycles. The molecule has 0 radical (unpaired) electrons. The molecular formula is C23H22N2O5. The smallest absolute Gasteiger partial charge is 0.326 e. The van der Waals surface area contributed by atoms with Crippen molar-refractivity contribution in [2.75, 3.05) is 11.9 Å². The monoisotopic (exact) mass is 406 g/mol. The summed E-state index contributed by atoms with van der Waals surface area (Å²) < 4.78 is 10.4. The van der Waals surface area contributed by atoms with E-state index in [0.29, 0.717) is 11.3 Å². The van der Waals surface area contributed by atoms with Gasteiger partial charge >= 0.3 is 5.97 Å². The van der Waals surface area contributed by atoms with Gasteiger partial charge in [-0.25, -0.2) is 0 Å². The Bertz CT molecular complexity index is 1030. The van der Waals surface area contributed by atoms with Crippen molar-refractivity contribution in [3.8, 4) is 0 Å². The number of carbonyl (C=O) groups excluding carboxylic acids is 3. The summed E-state index contributed by atoms with van der Waals surface area (Å²) in [5.74, 6) is -1.70. The first-order chi connectivity index (χ1) is 14.4. The van der Waals surface area contributed by atoms with Gasteiger partial charge in [-0.1, -0.05) is 42.5 Å². The second-order valence-corrected chi connectivity index (χ2v) is 6.75. The highest BCUT2D eigenvalue weighted by Crippen LogP contribution is 2.22. The maximum absolute atomic E-state index is 12.9. The van der Waals surface area contributed by atoms with E-state index in [2.05, 4.69) is 10.6 Å². The molecule has 7 nitrogen and oxygen atoms in total. The molecule has 1 aromatic heterocycles. The van der Waals surface area contributed by atoms with E-state index in [-0.39, 0.29) is 5.76 Å². The molecule has 2 N–H and O–H groups in total. The number of aryl methyl sites for hydroxylation is 2. The summed E-state index contributed by atoms with van der Waals surface area (Å²) in [4.78, 5) is 37.2. The lowest BCUT2D eigenvalue weighted by atomic mass is 10.1. The molecule has 30 heavy (non-hydrogen) atoms. The zero-order valence-electron chi connectivity index (χ0n) is 16.7. The maximum Gasteiger partial charge on any atom is 0.326 e. The molecule has 154 valence electrons. The summed E-state index contributed by atoms with van der Waals surface area (Å²) in [5, 5.41) is 5.23. The van der Waals surface area contributed by atoms with Gasteiger partial charge in [-0.3, -0.25) is 14.4 Å². The van der Waals surface area contributed by atoms with Gasteiger partial charge in [0, 0.05) is 11.3 Å². The highest BCUT2D eigenvalue weighted by molar-refractivity contribution is 5.97. The van der Waals surface area contributed by atoms with Gasteiger partial charge in [-0.2, -0.15) is 0 Å². The van der Waals surface area contributed by atoms with Crippen LogP contribution in [0.3, 0.4) is 0 Å². The SMILES string of the molecule is Cc1ccc(C)c(NC(=O)[C@@H](OC(=O)CNC(=O)c2ccco2)c2ccccc2)c1. The van der Waals surface area contributed by atoms with E-state index in [1.54, 1.807) is 36.4 Å². The van der Waals surface area contributed by atoms with E-state index in [1.807, 2.05) is 32.0 Å². The lowest BCUT2D eigenvalue weighted by Crippen LogP contribution is -2.33. The molecule has 0 aliphatic heterocycles. The first kappa shape index (κ1) is 20.9. The fraction of sp³-hybridized carbons (Fsp3) is 0.174. The average molecular weight is 406 g/mol. The molecule has 7 heteroatoms. The van der Waals surface area contributed by atoms with Crippen molar-refractivity contribution in [3.05, 3.63) is 89.4 Å². The number of furan rings is 1. The molecular weight excluding hydrogens is 384 g/mol. The first-order valence-corrected chi connectivity index (χ1v) is 9.38.